The van der Waals surface area contributed by atoms with Gasteiger partial charge in [-0.25, -0.2) is 9.98 Å². The smallest absolute Gasteiger partial charge is 0.268 e. The molecule has 4 rings (SSSR count). The number of hydrogen-bond donors (Lipinski definition) is 0. The van der Waals surface area contributed by atoms with Crippen molar-refractivity contribution in [2.45, 2.75) is 13.3 Å². The molecule has 0 N–H and O–H groups in total. The molecule has 1 aliphatic rings. The van der Waals surface area contributed by atoms with E-state index in [-0.39, 0.29) is 5.91 Å². The number of ether oxygens (including phenoxy) is 1. The van der Waals surface area contributed by atoms with Gasteiger partial charge in [0.2, 0.25) is 12.1 Å². The highest BCUT2D eigenvalue weighted by Crippen LogP contribution is 2.28. The van der Waals surface area contributed by atoms with E-state index in [1.54, 1.807) is 31.2 Å². The van der Waals surface area contributed by atoms with E-state index in [1.165, 1.54) is 11.0 Å². The van der Waals surface area contributed by atoms with Gasteiger partial charge in [0.15, 0.2) is 0 Å². The van der Waals surface area contributed by atoms with E-state index in [9.17, 15) is 9.18 Å². The summed E-state index contributed by atoms with van der Waals surface area (Å²) in [7, 11) is 3.29. The number of aromatic nitrogens is 2. The van der Waals surface area contributed by atoms with Crippen LogP contribution in [0.1, 0.15) is 22.8 Å². The predicted molar refractivity (Wildman–Crippen MR) is 137 cm³/mol. The van der Waals surface area contributed by atoms with Crippen molar-refractivity contribution in [1.82, 2.24) is 9.88 Å². The molecule has 9 heteroatoms. The third-order valence-corrected chi connectivity index (χ3v) is 6.10. The number of para-hydroxylation sites is 1. The van der Waals surface area contributed by atoms with Crippen LogP contribution in [0, 0.1) is 0 Å². The van der Waals surface area contributed by atoms with E-state index in [4.69, 9.17) is 9.57 Å². The van der Waals surface area contributed by atoms with E-state index in [0.717, 1.165) is 22.2 Å². The lowest BCUT2D eigenvalue weighted by Gasteiger charge is -2.23. The number of hydrogen-bond acceptors (Lipinski definition) is 6. The van der Waals surface area contributed by atoms with Gasteiger partial charge in [0.05, 0.1) is 24.1 Å². The molecule has 1 amide bonds. The molecule has 0 saturated heterocycles. The number of benzene rings is 1. The van der Waals surface area contributed by atoms with Gasteiger partial charge < -0.3 is 14.5 Å². The fourth-order valence-corrected chi connectivity index (χ4v) is 4.12. The second kappa shape index (κ2) is 11.0. The molecule has 1 aromatic carbocycles. The van der Waals surface area contributed by atoms with Crippen LogP contribution in [0.4, 0.5) is 10.2 Å². The number of nitrogens with zero attached hydrogens (tertiary/aromatic N) is 5. The Bertz CT molecular complexity index is 1350. The molecule has 3 heterocycles. The van der Waals surface area contributed by atoms with E-state index in [2.05, 4.69) is 16.7 Å². The minimum absolute atomic E-state index is 0.207. The SMILES string of the molecule is C=N/C(F)=C\C=C1/CN(CC)c2ncc(CCOc3cc[n+](OC)c4ccccc34)cc2C(=O)N1C. The van der Waals surface area contributed by atoms with Crippen LogP contribution in [-0.4, -0.2) is 56.4 Å². The molecule has 0 atom stereocenters. The Morgan fingerprint density at radius 3 is 2.89 bits per heavy atom. The minimum Gasteiger partial charge on any atom is -0.492 e. The van der Waals surface area contributed by atoms with Crippen LogP contribution in [0.3, 0.4) is 0 Å². The number of carbonyl (C=O) groups is 1. The summed E-state index contributed by atoms with van der Waals surface area (Å²) in [5.41, 5.74) is 2.92. The van der Waals surface area contributed by atoms with Crippen LogP contribution in [-0.2, 0) is 6.42 Å². The van der Waals surface area contributed by atoms with Crippen LogP contribution < -0.4 is 19.2 Å². The number of amides is 1. The second-order valence-electron chi connectivity index (χ2n) is 8.20. The Morgan fingerprint density at radius 2 is 2.14 bits per heavy atom. The lowest BCUT2D eigenvalue weighted by molar-refractivity contribution is -0.865. The number of likely N-dealkylation sites (N-methyl/N-ethyl adjacent to an activating group) is 2. The molecule has 3 aromatic rings. The Labute approximate surface area is 209 Å². The summed E-state index contributed by atoms with van der Waals surface area (Å²) >= 11 is 0. The van der Waals surface area contributed by atoms with Crippen LogP contribution in [0.5, 0.6) is 5.75 Å². The second-order valence-corrected chi connectivity index (χ2v) is 8.20. The topological polar surface area (TPSA) is 71.1 Å². The van der Waals surface area contributed by atoms with Crippen molar-refractivity contribution >= 4 is 29.3 Å². The first-order valence-electron chi connectivity index (χ1n) is 11.6. The average molecular weight is 491 g/mol. The molecule has 0 spiro atoms. The summed E-state index contributed by atoms with van der Waals surface area (Å²) in [6.07, 6.45) is 6.90. The number of allylic oxidation sites excluding steroid dienone is 2. The molecular formula is C27H29FN5O3+. The summed E-state index contributed by atoms with van der Waals surface area (Å²) in [5.74, 6) is 0.434. The molecule has 186 valence electrons. The van der Waals surface area contributed by atoms with Crippen molar-refractivity contribution in [3.05, 3.63) is 83.7 Å². The normalized spacial score (nSPS) is 15.2. The van der Waals surface area contributed by atoms with Crippen LogP contribution >= 0.6 is 0 Å². The fourth-order valence-electron chi connectivity index (χ4n) is 4.12. The van der Waals surface area contributed by atoms with Crippen molar-refractivity contribution in [2.75, 3.05) is 38.8 Å². The van der Waals surface area contributed by atoms with E-state index < -0.39 is 5.95 Å². The highest BCUT2D eigenvalue weighted by Gasteiger charge is 2.28. The summed E-state index contributed by atoms with van der Waals surface area (Å²) in [6.45, 7) is 6.61. The Hall–Kier alpha value is -4.27. The maximum atomic E-state index is 13.5. The van der Waals surface area contributed by atoms with E-state index in [1.807, 2.05) is 54.4 Å². The number of anilines is 1. The zero-order chi connectivity index (χ0) is 25.7. The molecule has 8 nitrogen and oxygen atoms in total. The Balaban J connectivity index is 1.55. The van der Waals surface area contributed by atoms with Crippen molar-refractivity contribution in [1.29, 1.82) is 0 Å². The van der Waals surface area contributed by atoms with Gasteiger partial charge in [-0.15, -0.1) is 0 Å². The molecule has 2 aromatic heterocycles. The van der Waals surface area contributed by atoms with Crippen molar-refractivity contribution in [3.8, 4) is 5.75 Å². The molecule has 36 heavy (non-hydrogen) atoms. The third-order valence-electron chi connectivity index (χ3n) is 6.10. The summed E-state index contributed by atoms with van der Waals surface area (Å²) in [4.78, 5) is 30.1. The molecule has 0 bridgehead atoms. The van der Waals surface area contributed by atoms with Gasteiger partial charge in [0, 0.05) is 48.8 Å². The summed E-state index contributed by atoms with van der Waals surface area (Å²) in [6, 6.07) is 11.6. The van der Waals surface area contributed by atoms with Crippen LogP contribution in [0.15, 0.2) is 77.6 Å². The van der Waals surface area contributed by atoms with Crippen molar-refractivity contribution < 1.29 is 23.5 Å². The lowest BCUT2D eigenvalue weighted by atomic mass is 10.1. The maximum Gasteiger partial charge on any atom is 0.268 e. The maximum absolute atomic E-state index is 13.5. The third kappa shape index (κ3) is 5.05. The number of carbonyl (C=O) groups excluding carboxylic acids is 1. The van der Waals surface area contributed by atoms with Crippen LogP contribution in [0.25, 0.3) is 10.9 Å². The number of aliphatic imine (C=N–C) groups is 1. The zero-order valence-electron chi connectivity index (χ0n) is 20.6. The van der Waals surface area contributed by atoms with Gasteiger partial charge in [-0.1, -0.05) is 12.1 Å². The predicted octanol–water partition coefficient (Wildman–Crippen LogP) is 3.51. The molecule has 0 aliphatic carbocycles. The molecule has 0 radical (unpaired) electrons. The van der Waals surface area contributed by atoms with E-state index >= 15 is 0 Å². The summed E-state index contributed by atoms with van der Waals surface area (Å²) in [5, 5.41) is 0.939. The molecular weight excluding hydrogens is 461 g/mol. The van der Waals surface area contributed by atoms with Gasteiger partial charge in [0.1, 0.15) is 18.7 Å². The Kier molecular flexibility index (Phi) is 7.58. The van der Waals surface area contributed by atoms with Gasteiger partial charge in [-0.2, -0.15) is 4.39 Å². The molecule has 0 fully saturated rings. The largest absolute Gasteiger partial charge is 0.492 e. The fraction of sp³-hybridized carbons (Fsp3) is 0.259. The van der Waals surface area contributed by atoms with Crippen molar-refractivity contribution in [3.63, 3.8) is 0 Å². The number of halogens is 1. The monoisotopic (exact) mass is 490 g/mol. The van der Waals surface area contributed by atoms with Crippen LogP contribution in [0.2, 0.25) is 0 Å². The molecule has 0 saturated carbocycles. The zero-order valence-corrected chi connectivity index (χ0v) is 20.6. The lowest BCUT2D eigenvalue weighted by Crippen LogP contribution is -2.40. The number of fused-ring (bicyclic) bond motifs is 2. The molecule has 1 aliphatic heterocycles. The molecule has 0 unspecified atom stereocenters. The van der Waals surface area contributed by atoms with Gasteiger partial charge >= 0.3 is 0 Å². The first kappa shape index (κ1) is 24.8. The Morgan fingerprint density at radius 1 is 1.33 bits per heavy atom. The quantitative estimate of drug-likeness (QED) is 0.275. The van der Waals surface area contributed by atoms with Gasteiger partial charge in [0.25, 0.3) is 11.4 Å². The first-order valence-corrected chi connectivity index (χ1v) is 11.6. The van der Waals surface area contributed by atoms with Gasteiger partial charge in [-0.05, 0) is 43.5 Å². The highest BCUT2D eigenvalue weighted by molar-refractivity contribution is 6.00. The number of rotatable bonds is 8. The number of pyridine rings is 2. The first-order chi connectivity index (χ1) is 17.5. The highest BCUT2D eigenvalue weighted by atomic mass is 19.1. The van der Waals surface area contributed by atoms with Crippen molar-refractivity contribution in [2.24, 2.45) is 4.99 Å². The standard InChI is InChI=1S/C27H29FN5O3/c1-5-32-18-20(10-11-25(28)29-2)31(3)27(34)22-16-19(17-30-26(22)32)13-15-36-24-12-14-33(35-4)23-9-7-6-8-21(23)24/h6-12,14,16-17H,2,5,13,15,18H2,1,3-4H3/q+1/b20-10+,25-11-. The summed E-state index contributed by atoms with van der Waals surface area (Å²) < 4.78 is 21.3. The van der Waals surface area contributed by atoms with Gasteiger partial charge in [-0.3, -0.25) is 9.63 Å². The van der Waals surface area contributed by atoms with E-state index in [0.29, 0.717) is 43.2 Å². The average Bonchev–Trinajstić information content (AvgIpc) is 3.01. The minimum atomic E-state index is -0.711.